The van der Waals surface area contributed by atoms with Gasteiger partial charge in [-0.25, -0.2) is 0 Å². The van der Waals surface area contributed by atoms with E-state index in [-0.39, 0.29) is 27.3 Å². The Kier molecular flexibility index (Phi) is 7.94. The van der Waals surface area contributed by atoms with Gasteiger partial charge >= 0.3 is 0 Å². The number of aromatic hydroxyl groups is 2. The van der Waals surface area contributed by atoms with Gasteiger partial charge in [0.2, 0.25) is 11.8 Å². The molecule has 35 heavy (non-hydrogen) atoms. The van der Waals surface area contributed by atoms with E-state index in [1.807, 2.05) is 0 Å². The van der Waals surface area contributed by atoms with E-state index in [1.54, 1.807) is 18.2 Å². The van der Waals surface area contributed by atoms with Crippen LogP contribution in [-0.2, 0) is 28.2 Å². The number of benzene rings is 1. The first kappa shape index (κ1) is 27.1. The molecule has 0 aliphatic rings. The highest BCUT2D eigenvalue weighted by Gasteiger charge is 2.33. The first-order chi connectivity index (χ1) is 16.3. The summed E-state index contributed by atoms with van der Waals surface area (Å²) in [5.74, 6) is -1.60. The Morgan fingerprint density at radius 2 is 1.31 bits per heavy atom. The van der Waals surface area contributed by atoms with Crippen LogP contribution in [0, 0.1) is 9.54 Å². The highest BCUT2D eigenvalue weighted by molar-refractivity contribution is 9.11. The van der Waals surface area contributed by atoms with Gasteiger partial charge in [0.05, 0.1) is 26.0 Å². The second-order valence-corrected chi connectivity index (χ2v) is 10.2. The molecule has 0 unspecified atom stereocenters. The van der Waals surface area contributed by atoms with Gasteiger partial charge in [0.15, 0.2) is 9.54 Å². The van der Waals surface area contributed by atoms with Gasteiger partial charge in [0, 0.05) is 28.2 Å². The standard InChI is InChI=1S/C22H22Br2N4O5S2/c1-6-7-33-16-11(23)8-10(9-12(16)24)13(14-17(29)25(2)21(34)26(3)18(14)30)15-19(31)27(4)22(35)28(5)20(15)32/h6,8-9,13,29,31H,1,7H2,2-5H3. The molecule has 13 heteroatoms. The molecule has 0 bridgehead atoms. The number of aromatic nitrogens is 4. The fourth-order valence-corrected chi connectivity index (χ4v) is 5.52. The summed E-state index contributed by atoms with van der Waals surface area (Å²) in [5.41, 5.74) is -1.13. The topological polar surface area (TPSA) is 104 Å². The van der Waals surface area contributed by atoms with Crippen LogP contribution < -0.4 is 15.9 Å². The molecule has 0 spiro atoms. The van der Waals surface area contributed by atoms with Crippen LogP contribution in [0.25, 0.3) is 0 Å². The van der Waals surface area contributed by atoms with E-state index in [0.29, 0.717) is 20.3 Å². The molecule has 0 saturated carbocycles. The van der Waals surface area contributed by atoms with Gasteiger partial charge < -0.3 is 14.9 Å². The van der Waals surface area contributed by atoms with Gasteiger partial charge in [-0.2, -0.15) is 0 Å². The Hall–Kier alpha value is -2.48. The summed E-state index contributed by atoms with van der Waals surface area (Å²) in [7, 11) is 5.93. The molecule has 186 valence electrons. The summed E-state index contributed by atoms with van der Waals surface area (Å²) in [4.78, 5) is 26.9. The number of hydrogen-bond acceptors (Lipinski definition) is 7. The summed E-state index contributed by atoms with van der Waals surface area (Å²) in [6.07, 6.45) is 1.59. The maximum absolute atomic E-state index is 13.4. The molecule has 2 heterocycles. The highest BCUT2D eigenvalue weighted by Crippen LogP contribution is 2.42. The first-order valence-corrected chi connectivity index (χ1v) is 12.5. The third kappa shape index (κ3) is 4.57. The predicted octanol–water partition coefficient (Wildman–Crippen LogP) is 3.90. The van der Waals surface area contributed by atoms with Crippen LogP contribution in [0.1, 0.15) is 22.6 Å². The van der Waals surface area contributed by atoms with E-state index < -0.39 is 28.8 Å². The minimum atomic E-state index is -1.20. The molecule has 3 aromatic rings. The van der Waals surface area contributed by atoms with Crippen molar-refractivity contribution in [1.29, 1.82) is 0 Å². The zero-order chi connectivity index (χ0) is 26.4. The molecular formula is C22H22Br2N4O5S2. The monoisotopic (exact) mass is 644 g/mol. The Labute approximate surface area is 227 Å². The Morgan fingerprint density at radius 3 is 1.69 bits per heavy atom. The summed E-state index contributed by atoms with van der Waals surface area (Å²) in [6.45, 7) is 3.88. The van der Waals surface area contributed by atoms with Gasteiger partial charge in [-0.3, -0.25) is 27.9 Å². The summed E-state index contributed by atoms with van der Waals surface area (Å²) >= 11 is 17.4. The largest absolute Gasteiger partial charge is 0.494 e. The molecule has 9 nitrogen and oxygen atoms in total. The number of halogens is 2. The Balaban J connectivity index is 2.54. The van der Waals surface area contributed by atoms with Crippen molar-refractivity contribution >= 4 is 56.3 Å². The second-order valence-electron chi connectivity index (χ2n) is 7.73. The van der Waals surface area contributed by atoms with E-state index in [2.05, 4.69) is 38.4 Å². The lowest BCUT2D eigenvalue weighted by atomic mass is 9.86. The molecule has 0 aliphatic carbocycles. The third-order valence-corrected chi connectivity index (χ3v) is 7.89. The SMILES string of the molecule is C=CCOc1c(Br)cc(C(c2c(O)n(C)c(=S)n(C)c2=O)c2c(O)n(C)c(=S)n(C)c2=O)cc1Br. The van der Waals surface area contributed by atoms with Gasteiger partial charge in [-0.15, -0.1) is 0 Å². The van der Waals surface area contributed by atoms with Crippen LogP contribution in [0.4, 0.5) is 0 Å². The molecule has 0 fully saturated rings. The van der Waals surface area contributed by atoms with Crippen LogP contribution in [0.3, 0.4) is 0 Å². The molecule has 2 aromatic heterocycles. The first-order valence-electron chi connectivity index (χ1n) is 10.0. The van der Waals surface area contributed by atoms with Crippen LogP contribution >= 0.6 is 56.3 Å². The molecule has 3 rings (SSSR count). The fraction of sp³-hybridized carbons (Fsp3) is 0.273. The summed E-state index contributed by atoms with van der Waals surface area (Å²) in [6, 6.07) is 3.30. The van der Waals surface area contributed by atoms with Crippen molar-refractivity contribution in [3.05, 3.63) is 80.7 Å². The summed E-state index contributed by atoms with van der Waals surface area (Å²) in [5, 5.41) is 22.1. The van der Waals surface area contributed by atoms with Crippen LogP contribution in [-0.4, -0.2) is 35.1 Å². The molecule has 0 amide bonds. The maximum Gasteiger partial charge on any atom is 0.262 e. The Morgan fingerprint density at radius 1 is 0.914 bits per heavy atom. The lowest BCUT2D eigenvalue weighted by Gasteiger charge is -2.24. The number of ether oxygens (including phenoxy) is 1. The van der Waals surface area contributed by atoms with Crippen molar-refractivity contribution in [2.75, 3.05) is 6.61 Å². The van der Waals surface area contributed by atoms with Crippen molar-refractivity contribution in [3.63, 3.8) is 0 Å². The van der Waals surface area contributed by atoms with Crippen molar-refractivity contribution in [3.8, 4) is 17.5 Å². The van der Waals surface area contributed by atoms with Gasteiger partial charge in [0.1, 0.15) is 12.4 Å². The van der Waals surface area contributed by atoms with E-state index in [1.165, 1.54) is 46.5 Å². The molecule has 0 aliphatic heterocycles. The minimum absolute atomic E-state index is 0.0779. The molecule has 0 radical (unpaired) electrons. The van der Waals surface area contributed by atoms with Crippen LogP contribution in [0.5, 0.6) is 17.5 Å². The lowest BCUT2D eigenvalue weighted by molar-refractivity contribution is 0.358. The van der Waals surface area contributed by atoms with Crippen LogP contribution in [0.15, 0.2) is 43.3 Å². The molecule has 0 saturated heterocycles. The average Bonchev–Trinajstić information content (AvgIpc) is 2.82. The molecular weight excluding hydrogens is 624 g/mol. The van der Waals surface area contributed by atoms with Crippen molar-refractivity contribution in [1.82, 2.24) is 18.3 Å². The second kappa shape index (κ2) is 10.2. The van der Waals surface area contributed by atoms with Crippen LogP contribution in [0.2, 0.25) is 0 Å². The third-order valence-electron chi connectivity index (χ3n) is 5.61. The van der Waals surface area contributed by atoms with E-state index in [0.717, 1.165) is 0 Å². The van der Waals surface area contributed by atoms with Gasteiger partial charge in [0.25, 0.3) is 11.1 Å². The lowest BCUT2D eigenvalue weighted by Crippen LogP contribution is -2.33. The van der Waals surface area contributed by atoms with E-state index in [9.17, 15) is 19.8 Å². The number of hydrogen-bond donors (Lipinski definition) is 2. The zero-order valence-corrected chi connectivity index (χ0v) is 24.0. The summed E-state index contributed by atoms with van der Waals surface area (Å²) < 4.78 is 11.8. The normalized spacial score (nSPS) is 11.2. The van der Waals surface area contributed by atoms with Gasteiger partial charge in [-0.05, 0) is 74.0 Å². The van der Waals surface area contributed by atoms with E-state index >= 15 is 0 Å². The predicted molar refractivity (Wildman–Crippen MR) is 145 cm³/mol. The fourth-order valence-electron chi connectivity index (χ4n) is 3.73. The number of nitrogens with zero attached hydrogens (tertiary/aromatic N) is 4. The van der Waals surface area contributed by atoms with Crippen molar-refractivity contribution < 1.29 is 14.9 Å². The van der Waals surface area contributed by atoms with E-state index in [4.69, 9.17) is 29.2 Å². The quantitative estimate of drug-likeness (QED) is 0.310. The highest BCUT2D eigenvalue weighted by atomic mass is 79.9. The molecule has 0 atom stereocenters. The smallest absolute Gasteiger partial charge is 0.262 e. The minimum Gasteiger partial charge on any atom is -0.494 e. The van der Waals surface area contributed by atoms with Gasteiger partial charge in [-0.1, -0.05) is 12.7 Å². The molecule has 1 aromatic carbocycles. The Bertz CT molecular complexity index is 1500. The average molecular weight is 646 g/mol. The van der Waals surface area contributed by atoms with Crippen molar-refractivity contribution in [2.24, 2.45) is 28.2 Å². The molecule has 2 N–H and O–H groups in total. The van der Waals surface area contributed by atoms with Crippen molar-refractivity contribution in [2.45, 2.75) is 5.92 Å². The maximum atomic E-state index is 13.4. The zero-order valence-electron chi connectivity index (χ0n) is 19.2. The number of rotatable bonds is 6.